The third-order valence-electron chi connectivity index (χ3n) is 4.40. The number of unbranched alkanes of at least 4 members (excludes halogenated alkanes) is 2. The number of nitrogens with two attached hydrogens (primary N) is 4. The van der Waals surface area contributed by atoms with Crippen molar-refractivity contribution in [3.8, 4) is 0 Å². The van der Waals surface area contributed by atoms with Crippen molar-refractivity contribution in [2.45, 2.75) is 62.1 Å². The highest BCUT2D eigenvalue weighted by Crippen LogP contribution is 2.23. The van der Waals surface area contributed by atoms with Crippen LogP contribution in [0.4, 0.5) is 0 Å². The van der Waals surface area contributed by atoms with E-state index in [1.807, 2.05) is 24.3 Å². The normalized spacial score (nSPS) is 12.8. The molecule has 2 atom stereocenters. The van der Waals surface area contributed by atoms with Crippen molar-refractivity contribution in [1.29, 1.82) is 0 Å². The molecule has 0 amide bonds. The van der Waals surface area contributed by atoms with E-state index in [-0.39, 0.29) is 22.6 Å². The number of carbonyl (C=O) groups excluding carboxylic acids is 2. The highest BCUT2D eigenvalue weighted by molar-refractivity contribution is 8.13. The minimum absolute atomic E-state index is 0. The summed E-state index contributed by atoms with van der Waals surface area (Å²) in [6, 6.07) is 6.95. The maximum absolute atomic E-state index is 12.2. The molecule has 0 aliphatic rings. The van der Waals surface area contributed by atoms with Crippen LogP contribution in [0.1, 0.15) is 49.7 Å². The molecule has 0 aliphatic heterocycles. The summed E-state index contributed by atoms with van der Waals surface area (Å²) in [5.41, 5.74) is 25.0. The van der Waals surface area contributed by atoms with E-state index in [0.717, 1.165) is 36.8 Å². The van der Waals surface area contributed by atoms with Gasteiger partial charge >= 0.3 is 0 Å². The molecule has 0 fully saturated rings. The van der Waals surface area contributed by atoms with Crippen LogP contribution in [0.15, 0.2) is 24.3 Å². The van der Waals surface area contributed by atoms with Crippen molar-refractivity contribution < 1.29 is 9.59 Å². The lowest BCUT2D eigenvalue weighted by Gasteiger charge is -2.13. The van der Waals surface area contributed by atoms with Crippen molar-refractivity contribution >= 4 is 46.2 Å². The number of carbonyl (C=O) groups is 2. The van der Waals surface area contributed by atoms with Crippen molar-refractivity contribution in [1.82, 2.24) is 0 Å². The minimum atomic E-state index is -0.453. The molecule has 0 bridgehead atoms. The van der Waals surface area contributed by atoms with Crippen LogP contribution >= 0.6 is 35.9 Å². The van der Waals surface area contributed by atoms with Gasteiger partial charge in [0.15, 0.2) is 0 Å². The van der Waals surface area contributed by atoms with E-state index in [9.17, 15) is 9.59 Å². The predicted octanol–water partition coefficient (Wildman–Crippen LogP) is 2.54. The van der Waals surface area contributed by atoms with E-state index < -0.39 is 12.1 Å². The van der Waals surface area contributed by atoms with E-state index in [1.165, 1.54) is 23.5 Å². The molecular weight excluding hydrogens is 428 g/mol. The van der Waals surface area contributed by atoms with Gasteiger partial charge in [-0.05, 0) is 49.9 Å². The lowest BCUT2D eigenvalue weighted by molar-refractivity contribution is -0.113. The fraction of sp³-hybridized carbons (Fsp3) is 0.600. The van der Waals surface area contributed by atoms with Crippen molar-refractivity contribution in [2.75, 3.05) is 13.1 Å². The Morgan fingerprint density at radius 2 is 1.14 bits per heavy atom. The highest BCUT2D eigenvalue weighted by Gasteiger charge is 2.17. The van der Waals surface area contributed by atoms with Crippen LogP contribution in [0, 0.1) is 0 Å². The Bertz CT molecular complexity index is 557. The molecule has 1 rings (SSSR count). The zero-order valence-electron chi connectivity index (χ0n) is 16.9. The van der Waals surface area contributed by atoms with Gasteiger partial charge in [0.05, 0.1) is 12.1 Å². The molecule has 0 radical (unpaired) electrons. The monoisotopic (exact) mass is 462 g/mol. The Kier molecular flexibility index (Phi) is 16.7. The maximum Gasteiger partial charge on any atom is 0.205 e. The Balaban J connectivity index is 0.00000784. The summed E-state index contributed by atoms with van der Waals surface area (Å²) < 4.78 is 0. The predicted molar refractivity (Wildman–Crippen MR) is 128 cm³/mol. The standard InChI is InChI=1S/C20H34N4O2S2.ClH/c21-11-5-3-9-17(23)19(25)27-13-15-7-1-2-8-16(15)14-28-20(26)18(24)10-4-6-12-22;/h1-2,7-8,17-18H,3-6,9-14,21-24H2;1H/t17-,18-;/m0./s1. The fourth-order valence-corrected chi connectivity index (χ4v) is 4.43. The smallest absolute Gasteiger partial charge is 0.205 e. The van der Waals surface area contributed by atoms with Crippen molar-refractivity contribution in [2.24, 2.45) is 22.9 Å². The third-order valence-corrected chi connectivity index (χ3v) is 6.49. The van der Waals surface area contributed by atoms with E-state index in [0.29, 0.717) is 37.4 Å². The second-order valence-corrected chi connectivity index (χ2v) is 8.73. The van der Waals surface area contributed by atoms with Gasteiger partial charge in [-0.2, -0.15) is 0 Å². The fourth-order valence-electron chi connectivity index (χ4n) is 2.60. The van der Waals surface area contributed by atoms with Crippen LogP contribution < -0.4 is 22.9 Å². The maximum atomic E-state index is 12.2. The second kappa shape index (κ2) is 17.1. The molecule has 0 spiro atoms. The number of thioether (sulfide) groups is 2. The highest BCUT2D eigenvalue weighted by atomic mass is 35.5. The summed E-state index contributed by atoms with van der Waals surface area (Å²) in [7, 11) is 0. The van der Waals surface area contributed by atoms with Crippen LogP contribution in [-0.2, 0) is 21.1 Å². The SMILES string of the molecule is Cl.NCCCC[C@H](N)C(=O)SCc1ccccc1CSC(=O)[C@@H](N)CCCCN. The van der Waals surface area contributed by atoms with Gasteiger partial charge < -0.3 is 22.9 Å². The van der Waals surface area contributed by atoms with Crippen LogP contribution in [0.5, 0.6) is 0 Å². The molecule has 0 unspecified atom stereocenters. The Labute approximate surface area is 189 Å². The van der Waals surface area contributed by atoms with Gasteiger partial charge in [-0.1, -0.05) is 60.6 Å². The topological polar surface area (TPSA) is 138 Å². The Hall–Kier alpha value is -0.610. The van der Waals surface area contributed by atoms with Gasteiger partial charge in [-0.25, -0.2) is 0 Å². The van der Waals surface area contributed by atoms with Gasteiger partial charge in [-0.15, -0.1) is 12.4 Å². The first kappa shape index (κ1) is 28.4. The summed E-state index contributed by atoms with van der Waals surface area (Å²) in [6.45, 7) is 1.24. The van der Waals surface area contributed by atoms with Crippen LogP contribution in [0.3, 0.4) is 0 Å². The van der Waals surface area contributed by atoms with Gasteiger partial charge in [0, 0.05) is 11.5 Å². The van der Waals surface area contributed by atoms with Crippen LogP contribution in [-0.4, -0.2) is 35.4 Å². The van der Waals surface area contributed by atoms with Crippen molar-refractivity contribution in [3.05, 3.63) is 35.4 Å². The molecule has 166 valence electrons. The van der Waals surface area contributed by atoms with E-state index in [4.69, 9.17) is 22.9 Å². The second-order valence-electron chi connectivity index (χ2n) is 6.77. The van der Waals surface area contributed by atoms with Crippen LogP contribution in [0.2, 0.25) is 0 Å². The summed E-state index contributed by atoms with van der Waals surface area (Å²) in [5, 5.41) is -0.00467. The molecule has 8 N–H and O–H groups in total. The summed E-state index contributed by atoms with van der Waals surface area (Å²) in [4.78, 5) is 24.4. The Morgan fingerprint density at radius 1 is 0.759 bits per heavy atom. The van der Waals surface area contributed by atoms with Crippen LogP contribution in [0.25, 0.3) is 0 Å². The number of rotatable bonds is 14. The van der Waals surface area contributed by atoms with E-state index in [1.54, 1.807) is 0 Å². The minimum Gasteiger partial charge on any atom is -0.330 e. The quantitative estimate of drug-likeness (QED) is 0.309. The first-order valence-electron chi connectivity index (χ1n) is 9.81. The zero-order chi connectivity index (χ0) is 20.8. The molecule has 0 heterocycles. The molecule has 0 saturated carbocycles. The summed E-state index contributed by atoms with van der Waals surface area (Å²) in [5.74, 6) is 1.10. The molecule has 9 heteroatoms. The molecule has 1 aromatic rings. The first-order chi connectivity index (χ1) is 13.5. The third kappa shape index (κ3) is 12.0. The summed E-state index contributed by atoms with van der Waals surface area (Å²) >= 11 is 2.48. The Morgan fingerprint density at radius 3 is 1.48 bits per heavy atom. The molecule has 0 saturated heterocycles. The van der Waals surface area contributed by atoms with Gasteiger partial charge in [0.1, 0.15) is 0 Å². The average Bonchev–Trinajstić information content (AvgIpc) is 2.70. The molecule has 0 aromatic heterocycles. The number of hydrogen-bond acceptors (Lipinski definition) is 8. The lowest BCUT2D eigenvalue weighted by atomic mass is 10.1. The summed E-state index contributed by atoms with van der Waals surface area (Å²) in [6.07, 6.45) is 4.83. The molecule has 6 nitrogen and oxygen atoms in total. The number of hydrogen-bond donors (Lipinski definition) is 4. The number of halogens is 1. The average molecular weight is 463 g/mol. The van der Waals surface area contributed by atoms with E-state index >= 15 is 0 Å². The van der Waals surface area contributed by atoms with Gasteiger partial charge in [0.25, 0.3) is 0 Å². The largest absolute Gasteiger partial charge is 0.330 e. The van der Waals surface area contributed by atoms with Crippen molar-refractivity contribution in [3.63, 3.8) is 0 Å². The lowest BCUT2D eigenvalue weighted by Crippen LogP contribution is -2.28. The zero-order valence-corrected chi connectivity index (χ0v) is 19.3. The molecule has 29 heavy (non-hydrogen) atoms. The molecule has 1 aromatic carbocycles. The van der Waals surface area contributed by atoms with E-state index in [2.05, 4.69) is 0 Å². The van der Waals surface area contributed by atoms with Gasteiger partial charge in [-0.3, -0.25) is 9.59 Å². The number of benzene rings is 1. The first-order valence-corrected chi connectivity index (χ1v) is 11.8. The van der Waals surface area contributed by atoms with Gasteiger partial charge in [0.2, 0.25) is 10.2 Å². The molecular formula is C20H35ClN4O2S2. The molecule has 0 aliphatic carbocycles.